The second-order valence-electron chi connectivity index (χ2n) is 7.49. The highest BCUT2D eigenvalue weighted by molar-refractivity contribution is 6.31. The summed E-state index contributed by atoms with van der Waals surface area (Å²) in [5, 5.41) is 3.72. The number of amides is 1. The van der Waals surface area contributed by atoms with E-state index in [9.17, 15) is 9.59 Å². The van der Waals surface area contributed by atoms with Crippen LogP contribution >= 0.6 is 11.6 Å². The summed E-state index contributed by atoms with van der Waals surface area (Å²) in [4.78, 5) is 27.0. The average molecular weight is 445 g/mol. The molecular formula is C24H29ClN2O4. The van der Waals surface area contributed by atoms with Crippen molar-refractivity contribution >= 4 is 23.3 Å². The molecule has 2 aromatic rings. The predicted molar refractivity (Wildman–Crippen MR) is 121 cm³/mol. The molecule has 2 aromatic carbocycles. The van der Waals surface area contributed by atoms with Crippen LogP contribution in [0.2, 0.25) is 5.02 Å². The van der Waals surface area contributed by atoms with E-state index < -0.39 is 0 Å². The number of ether oxygens (including phenoxy) is 2. The third-order valence-corrected chi connectivity index (χ3v) is 5.81. The third-order valence-electron chi connectivity index (χ3n) is 5.46. The van der Waals surface area contributed by atoms with Gasteiger partial charge < -0.3 is 14.8 Å². The molecule has 1 fully saturated rings. The monoisotopic (exact) mass is 444 g/mol. The maximum absolute atomic E-state index is 12.4. The van der Waals surface area contributed by atoms with Crippen LogP contribution < -0.4 is 10.1 Å². The highest BCUT2D eigenvalue weighted by Crippen LogP contribution is 2.27. The Bertz CT molecular complexity index is 866. The molecule has 1 amide bonds. The van der Waals surface area contributed by atoms with Gasteiger partial charge in [-0.25, -0.2) is 0 Å². The molecule has 166 valence electrons. The molecule has 0 aromatic heterocycles. The first-order valence-electron chi connectivity index (χ1n) is 10.6. The lowest BCUT2D eigenvalue weighted by Gasteiger charge is -2.35. The number of nitrogens with one attached hydrogen (secondary N) is 1. The summed E-state index contributed by atoms with van der Waals surface area (Å²) in [5.41, 5.74) is 1.63. The molecule has 1 saturated heterocycles. The summed E-state index contributed by atoms with van der Waals surface area (Å²) >= 11 is 6.43. The molecular weight excluding hydrogens is 416 g/mol. The molecule has 0 radical (unpaired) electrons. The van der Waals surface area contributed by atoms with Crippen LogP contribution in [0.5, 0.6) is 5.75 Å². The quantitative estimate of drug-likeness (QED) is 0.563. The van der Waals surface area contributed by atoms with E-state index in [1.807, 2.05) is 24.3 Å². The Hall–Kier alpha value is -2.41. The van der Waals surface area contributed by atoms with Crippen LogP contribution in [0.25, 0.3) is 0 Å². The van der Waals surface area contributed by atoms with Gasteiger partial charge in [0.1, 0.15) is 5.75 Å². The molecule has 1 N–H and O–H groups in total. The van der Waals surface area contributed by atoms with Crippen molar-refractivity contribution < 1.29 is 19.1 Å². The highest BCUT2D eigenvalue weighted by atomic mass is 35.5. The van der Waals surface area contributed by atoms with E-state index in [1.165, 1.54) is 0 Å². The van der Waals surface area contributed by atoms with E-state index in [0.717, 1.165) is 18.7 Å². The molecule has 0 spiro atoms. The fourth-order valence-electron chi connectivity index (χ4n) is 3.70. The van der Waals surface area contributed by atoms with Crippen LogP contribution in [-0.2, 0) is 9.53 Å². The van der Waals surface area contributed by atoms with E-state index in [-0.39, 0.29) is 17.7 Å². The minimum absolute atomic E-state index is 0.0116. The number of benzene rings is 2. The number of morpholine rings is 1. The SMILES string of the molecule is COc1ccc(C(=O)CCCC(=O)NCC(c2ccccc2Cl)N2CCOCC2)cc1. The van der Waals surface area contributed by atoms with Crippen molar-refractivity contribution in [2.75, 3.05) is 40.0 Å². The number of Topliss-reactive ketones (excluding diaryl/α,β-unsaturated/α-hetero) is 1. The fraction of sp³-hybridized carbons (Fsp3) is 0.417. The van der Waals surface area contributed by atoms with E-state index in [1.54, 1.807) is 31.4 Å². The normalized spacial score (nSPS) is 15.3. The minimum atomic E-state index is -0.0622. The number of carbonyl (C=O) groups is 2. The smallest absolute Gasteiger partial charge is 0.220 e. The van der Waals surface area contributed by atoms with Crippen LogP contribution in [0, 0.1) is 0 Å². The minimum Gasteiger partial charge on any atom is -0.497 e. The number of methoxy groups -OCH3 is 1. The van der Waals surface area contributed by atoms with Crippen LogP contribution in [0.3, 0.4) is 0 Å². The molecule has 1 heterocycles. The van der Waals surface area contributed by atoms with Gasteiger partial charge in [0.2, 0.25) is 5.91 Å². The zero-order valence-corrected chi connectivity index (χ0v) is 18.6. The van der Waals surface area contributed by atoms with Gasteiger partial charge in [-0.15, -0.1) is 0 Å². The number of ketones is 1. The molecule has 1 aliphatic heterocycles. The lowest BCUT2D eigenvalue weighted by atomic mass is 10.0. The summed E-state index contributed by atoms with van der Waals surface area (Å²) in [5.74, 6) is 0.676. The number of halogens is 1. The summed E-state index contributed by atoms with van der Waals surface area (Å²) in [6.07, 6.45) is 1.14. The average Bonchev–Trinajstić information content (AvgIpc) is 2.81. The number of nitrogens with zero attached hydrogens (tertiary/aromatic N) is 1. The zero-order chi connectivity index (χ0) is 22.1. The van der Waals surface area contributed by atoms with E-state index >= 15 is 0 Å². The maximum Gasteiger partial charge on any atom is 0.220 e. The summed E-state index contributed by atoms with van der Waals surface area (Å²) in [6.45, 7) is 3.39. The number of hydrogen-bond acceptors (Lipinski definition) is 5. The molecule has 31 heavy (non-hydrogen) atoms. The van der Waals surface area contributed by atoms with Gasteiger partial charge >= 0.3 is 0 Å². The fourth-order valence-corrected chi connectivity index (χ4v) is 3.96. The van der Waals surface area contributed by atoms with E-state index in [4.69, 9.17) is 21.1 Å². The molecule has 1 unspecified atom stereocenters. The number of hydrogen-bond donors (Lipinski definition) is 1. The Balaban J connectivity index is 1.49. The van der Waals surface area contributed by atoms with Crippen LogP contribution in [0.1, 0.15) is 41.2 Å². The summed E-state index contributed by atoms with van der Waals surface area (Å²) in [7, 11) is 1.59. The van der Waals surface area contributed by atoms with E-state index in [2.05, 4.69) is 10.2 Å². The van der Waals surface area contributed by atoms with Gasteiger partial charge in [-0.05, 0) is 42.3 Å². The zero-order valence-electron chi connectivity index (χ0n) is 17.8. The van der Waals surface area contributed by atoms with Gasteiger partial charge in [-0.3, -0.25) is 14.5 Å². The summed E-state index contributed by atoms with van der Waals surface area (Å²) in [6, 6.07) is 14.7. The lowest BCUT2D eigenvalue weighted by Crippen LogP contribution is -2.43. The maximum atomic E-state index is 12.4. The molecule has 7 heteroatoms. The summed E-state index contributed by atoms with van der Waals surface area (Å²) < 4.78 is 10.6. The van der Waals surface area contributed by atoms with Crippen molar-refractivity contribution in [3.05, 3.63) is 64.7 Å². The Labute approximate surface area is 188 Å². The molecule has 0 bridgehead atoms. The molecule has 6 nitrogen and oxygen atoms in total. The van der Waals surface area contributed by atoms with Gasteiger partial charge in [-0.2, -0.15) is 0 Å². The Kier molecular flexibility index (Phi) is 8.88. The van der Waals surface area contributed by atoms with Crippen molar-refractivity contribution in [3.8, 4) is 5.75 Å². The molecule has 1 aliphatic rings. The molecule has 3 rings (SSSR count). The van der Waals surface area contributed by atoms with Gasteiger partial charge in [0.25, 0.3) is 0 Å². The van der Waals surface area contributed by atoms with Gasteiger partial charge in [0.05, 0.1) is 26.4 Å². The van der Waals surface area contributed by atoms with E-state index in [0.29, 0.717) is 55.4 Å². The Morgan fingerprint density at radius 2 is 1.81 bits per heavy atom. The second-order valence-corrected chi connectivity index (χ2v) is 7.90. The standard InChI is InChI=1S/C24H29ClN2O4/c1-30-19-11-9-18(10-12-19)23(28)7-4-8-24(29)26-17-22(27-13-15-31-16-14-27)20-5-2-3-6-21(20)25/h2-3,5-6,9-12,22H,4,7-8,13-17H2,1H3,(H,26,29). The van der Waals surface area contributed by atoms with Crippen LogP contribution in [0.15, 0.2) is 48.5 Å². The third kappa shape index (κ3) is 6.79. The lowest BCUT2D eigenvalue weighted by molar-refractivity contribution is -0.121. The van der Waals surface area contributed by atoms with Crippen molar-refractivity contribution in [2.24, 2.45) is 0 Å². The van der Waals surface area contributed by atoms with Crippen molar-refractivity contribution in [1.29, 1.82) is 0 Å². The second kappa shape index (κ2) is 11.8. The van der Waals surface area contributed by atoms with Crippen molar-refractivity contribution in [1.82, 2.24) is 10.2 Å². The van der Waals surface area contributed by atoms with Crippen LogP contribution in [0.4, 0.5) is 0 Å². The topological polar surface area (TPSA) is 67.9 Å². The Morgan fingerprint density at radius 3 is 2.48 bits per heavy atom. The predicted octanol–water partition coefficient (Wildman–Crippen LogP) is 3.89. The molecule has 1 atom stereocenters. The van der Waals surface area contributed by atoms with Crippen molar-refractivity contribution in [3.63, 3.8) is 0 Å². The number of rotatable bonds is 10. The largest absolute Gasteiger partial charge is 0.497 e. The van der Waals surface area contributed by atoms with Crippen molar-refractivity contribution in [2.45, 2.75) is 25.3 Å². The highest BCUT2D eigenvalue weighted by Gasteiger charge is 2.24. The molecule has 0 saturated carbocycles. The first kappa shape index (κ1) is 23.3. The van der Waals surface area contributed by atoms with Gasteiger partial charge in [0.15, 0.2) is 5.78 Å². The van der Waals surface area contributed by atoms with Gasteiger partial charge in [-0.1, -0.05) is 29.8 Å². The Morgan fingerprint density at radius 1 is 1.10 bits per heavy atom. The number of carbonyl (C=O) groups excluding carboxylic acids is 2. The first-order chi connectivity index (χ1) is 15.1. The molecule has 0 aliphatic carbocycles. The first-order valence-corrected chi connectivity index (χ1v) is 11.0. The van der Waals surface area contributed by atoms with Gasteiger partial charge in [0, 0.05) is 43.1 Å². The van der Waals surface area contributed by atoms with Crippen LogP contribution in [-0.4, -0.2) is 56.5 Å².